The normalized spacial score (nSPS) is 10.9. The highest BCUT2D eigenvalue weighted by Crippen LogP contribution is 2.12. The average Bonchev–Trinajstić information content (AvgIpc) is 2.43. The summed E-state index contributed by atoms with van der Waals surface area (Å²) in [7, 11) is 0. The third kappa shape index (κ3) is 2.37. The van der Waals surface area contributed by atoms with Crippen molar-refractivity contribution in [3.05, 3.63) is 23.5 Å². The molecule has 0 unspecified atom stereocenters. The number of rotatable bonds is 4. The highest BCUT2D eigenvalue weighted by Gasteiger charge is 2.12. The molecule has 0 saturated heterocycles. The number of carboxylic acid groups (broad SMARTS) is 1. The lowest BCUT2D eigenvalue weighted by Crippen LogP contribution is -2.10. The Hall–Kier alpha value is -1.25. The summed E-state index contributed by atoms with van der Waals surface area (Å²) >= 11 is 0. The maximum Gasteiger partial charge on any atom is 0.352 e. The van der Waals surface area contributed by atoms with E-state index in [4.69, 9.17) is 5.11 Å². The van der Waals surface area contributed by atoms with Crippen LogP contribution in [0.1, 0.15) is 36.3 Å². The fourth-order valence-corrected chi connectivity index (χ4v) is 1.46. The van der Waals surface area contributed by atoms with Crippen molar-refractivity contribution < 1.29 is 9.90 Å². The van der Waals surface area contributed by atoms with Crippen molar-refractivity contribution in [2.75, 3.05) is 0 Å². The third-order valence-corrected chi connectivity index (χ3v) is 2.32. The van der Waals surface area contributed by atoms with Gasteiger partial charge in [0.15, 0.2) is 0 Å². The SMILES string of the molecule is Cc1ccn(CCC(C)C)c1C(=O)O. The predicted octanol–water partition coefficient (Wildman–Crippen LogP) is 2.54. The van der Waals surface area contributed by atoms with Gasteiger partial charge < -0.3 is 9.67 Å². The maximum atomic E-state index is 10.9. The van der Waals surface area contributed by atoms with Crippen molar-refractivity contribution in [1.82, 2.24) is 4.57 Å². The molecule has 0 radical (unpaired) electrons. The molecule has 0 bridgehead atoms. The second-order valence-corrected chi connectivity index (χ2v) is 4.03. The van der Waals surface area contributed by atoms with Gasteiger partial charge in [-0.3, -0.25) is 0 Å². The Bertz CT molecular complexity index is 326. The molecule has 0 saturated carbocycles. The molecular formula is C11H17NO2. The molecule has 1 heterocycles. The molecule has 3 nitrogen and oxygen atoms in total. The summed E-state index contributed by atoms with van der Waals surface area (Å²) in [6, 6.07) is 1.85. The number of aromatic nitrogens is 1. The molecule has 0 amide bonds. The van der Waals surface area contributed by atoms with Gasteiger partial charge >= 0.3 is 5.97 Å². The van der Waals surface area contributed by atoms with E-state index >= 15 is 0 Å². The topological polar surface area (TPSA) is 42.2 Å². The van der Waals surface area contributed by atoms with Crippen LogP contribution in [0.4, 0.5) is 0 Å². The summed E-state index contributed by atoms with van der Waals surface area (Å²) < 4.78 is 1.82. The molecule has 0 aliphatic rings. The zero-order valence-corrected chi connectivity index (χ0v) is 8.95. The van der Waals surface area contributed by atoms with Crippen molar-refractivity contribution >= 4 is 5.97 Å². The third-order valence-electron chi connectivity index (χ3n) is 2.32. The van der Waals surface area contributed by atoms with Gasteiger partial charge in [0, 0.05) is 12.7 Å². The molecule has 0 atom stereocenters. The quantitative estimate of drug-likeness (QED) is 0.802. The Morgan fingerprint density at radius 1 is 1.57 bits per heavy atom. The Morgan fingerprint density at radius 3 is 2.71 bits per heavy atom. The van der Waals surface area contributed by atoms with E-state index in [0.29, 0.717) is 11.6 Å². The number of aromatic carboxylic acids is 1. The van der Waals surface area contributed by atoms with Gasteiger partial charge in [-0.2, -0.15) is 0 Å². The number of aryl methyl sites for hydroxylation is 2. The lowest BCUT2D eigenvalue weighted by Gasteiger charge is -2.08. The van der Waals surface area contributed by atoms with Crippen LogP contribution in [0.3, 0.4) is 0 Å². The first-order valence-electron chi connectivity index (χ1n) is 4.91. The second-order valence-electron chi connectivity index (χ2n) is 4.03. The van der Waals surface area contributed by atoms with Gasteiger partial charge in [-0.25, -0.2) is 4.79 Å². The fraction of sp³-hybridized carbons (Fsp3) is 0.545. The summed E-state index contributed by atoms with van der Waals surface area (Å²) in [6.07, 6.45) is 2.86. The number of hydrogen-bond donors (Lipinski definition) is 1. The fourth-order valence-electron chi connectivity index (χ4n) is 1.46. The summed E-state index contributed by atoms with van der Waals surface area (Å²) in [6.45, 7) is 6.88. The molecular weight excluding hydrogens is 178 g/mol. The highest BCUT2D eigenvalue weighted by atomic mass is 16.4. The van der Waals surface area contributed by atoms with Crippen molar-refractivity contribution in [3.8, 4) is 0 Å². The van der Waals surface area contributed by atoms with Gasteiger partial charge in [0.1, 0.15) is 5.69 Å². The van der Waals surface area contributed by atoms with Crippen LogP contribution >= 0.6 is 0 Å². The minimum Gasteiger partial charge on any atom is -0.477 e. The Morgan fingerprint density at radius 2 is 2.21 bits per heavy atom. The van der Waals surface area contributed by atoms with Crippen LogP contribution in [-0.2, 0) is 6.54 Å². The summed E-state index contributed by atoms with van der Waals surface area (Å²) in [5.41, 5.74) is 1.26. The van der Waals surface area contributed by atoms with E-state index in [-0.39, 0.29) is 0 Å². The smallest absolute Gasteiger partial charge is 0.352 e. The van der Waals surface area contributed by atoms with E-state index in [9.17, 15) is 4.79 Å². The van der Waals surface area contributed by atoms with E-state index in [0.717, 1.165) is 18.5 Å². The van der Waals surface area contributed by atoms with Gasteiger partial charge in [0.2, 0.25) is 0 Å². The van der Waals surface area contributed by atoms with E-state index in [1.54, 1.807) is 0 Å². The minimum absolute atomic E-state index is 0.422. The number of carbonyl (C=O) groups is 1. The molecule has 1 N–H and O–H groups in total. The summed E-state index contributed by atoms with van der Waals surface area (Å²) in [5, 5.41) is 8.98. The molecule has 14 heavy (non-hydrogen) atoms. The van der Waals surface area contributed by atoms with Crippen LogP contribution in [0, 0.1) is 12.8 Å². The van der Waals surface area contributed by atoms with Crippen LogP contribution in [0.5, 0.6) is 0 Å². The second kappa shape index (κ2) is 4.31. The molecule has 3 heteroatoms. The van der Waals surface area contributed by atoms with Gasteiger partial charge in [-0.1, -0.05) is 13.8 Å². The number of hydrogen-bond acceptors (Lipinski definition) is 1. The van der Waals surface area contributed by atoms with Crippen molar-refractivity contribution in [3.63, 3.8) is 0 Å². The van der Waals surface area contributed by atoms with Gasteiger partial charge in [0.05, 0.1) is 0 Å². The maximum absolute atomic E-state index is 10.9. The molecule has 78 valence electrons. The molecule has 0 aliphatic heterocycles. The predicted molar refractivity (Wildman–Crippen MR) is 55.6 cm³/mol. The standard InChI is InChI=1S/C11H17NO2/c1-8(2)4-6-12-7-5-9(3)10(12)11(13)14/h5,7-8H,4,6H2,1-3H3,(H,13,14). The molecule has 0 spiro atoms. The zero-order valence-electron chi connectivity index (χ0n) is 8.95. The average molecular weight is 195 g/mol. The van der Waals surface area contributed by atoms with Gasteiger partial charge in [-0.15, -0.1) is 0 Å². The Labute approximate surface area is 84.4 Å². The first kappa shape index (κ1) is 10.8. The molecule has 1 aromatic heterocycles. The van der Waals surface area contributed by atoms with E-state index < -0.39 is 5.97 Å². The summed E-state index contributed by atoms with van der Waals surface area (Å²) in [4.78, 5) is 10.9. The van der Waals surface area contributed by atoms with Gasteiger partial charge in [-0.05, 0) is 30.9 Å². The van der Waals surface area contributed by atoms with E-state index in [1.807, 2.05) is 23.8 Å². The van der Waals surface area contributed by atoms with Crippen LogP contribution in [0.2, 0.25) is 0 Å². The molecule has 0 fully saturated rings. The lowest BCUT2D eigenvalue weighted by atomic mass is 10.1. The molecule has 0 aromatic carbocycles. The zero-order chi connectivity index (χ0) is 10.7. The highest BCUT2D eigenvalue weighted by molar-refractivity contribution is 5.87. The molecule has 0 aliphatic carbocycles. The largest absolute Gasteiger partial charge is 0.477 e. The van der Waals surface area contributed by atoms with Crippen molar-refractivity contribution in [1.29, 1.82) is 0 Å². The monoisotopic (exact) mass is 195 g/mol. The van der Waals surface area contributed by atoms with Crippen LogP contribution in [-0.4, -0.2) is 15.6 Å². The van der Waals surface area contributed by atoms with Crippen molar-refractivity contribution in [2.45, 2.75) is 33.7 Å². The van der Waals surface area contributed by atoms with Crippen molar-refractivity contribution in [2.24, 2.45) is 5.92 Å². The summed E-state index contributed by atoms with van der Waals surface area (Å²) in [5.74, 6) is -0.240. The lowest BCUT2D eigenvalue weighted by molar-refractivity contribution is 0.0684. The van der Waals surface area contributed by atoms with Crippen LogP contribution in [0.25, 0.3) is 0 Å². The molecule has 1 aromatic rings. The first-order valence-corrected chi connectivity index (χ1v) is 4.91. The first-order chi connectivity index (χ1) is 6.52. The number of nitrogens with zero attached hydrogens (tertiary/aromatic N) is 1. The Kier molecular flexibility index (Phi) is 3.33. The van der Waals surface area contributed by atoms with Gasteiger partial charge in [0.25, 0.3) is 0 Å². The van der Waals surface area contributed by atoms with Crippen LogP contribution in [0.15, 0.2) is 12.3 Å². The molecule has 1 rings (SSSR count). The van der Waals surface area contributed by atoms with E-state index in [2.05, 4.69) is 13.8 Å². The Balaban J connectivity index is 2.81. The van der Waals surface area contributed by atoms with E-state index in [1.165, 1.54) is 0 Å². The van der Waals surface area contributed by atoms with Crippen LogP contribution < -0.4 is 0 Å². The minimum atomic E-state index is -0.837. The number of carboxylic acids is 1.